The van der Waals surface area contributed by atoms with Crippen LogP contribution in [0.4, 0.5) is 5.69 Å². The lowest BCUT2D eigenvalue weighted by Crippen LogP contribution is -2.29. The number of hydrogen-bond donors (Lipinski definition) is 1. The first-order valence-electron chi connectivity index (χ1n) is 6.01. The van der Waals surface area contributed by atoms with Crippen molar-refractivity contribution in [2.45, 2.75) is 26.9 Å². The van der Waals surface area contributed by atoms with Crippen LogP contribution in [0.1, 0.15) is 28.9 Å². The first-order chi connectivity index (χ1) is 9.02. The molecule has 2 aromatic heterocycles. The molecule has 2 rings (SSSR count). The fraction of sp³-hybridized carbons (Fsp3) is 0.417. The Kier molecular flexibility index (Phi) is 3.55. The molecule has 19 heavy (non-hydrogen) atoms. The van der Waals surface area contributed by atoms with E-state index in [9.17, 15) is 4.79 Å². The number of carbonyl (C=O) groups is 1. The van der Waals surface area contributed by atoms with Crippen LogP contribution in [-0.2, 0) is 13.1 Å². The van der Waals surface area contributed by atoms with E-state index in [4.69, 9.17) is 10.3 Å². The number of anilines is 1. The van der Waals surface area contributed by atoms with Gasteiger partial charge < -0.3 is 15.2 Å². The van der Waals surface area contributed by atoms with Crippen LogP contribution in [0.5, 0.6) is 0 Å². The summed E-state index contributed by atoms with van der Waals surface area (Å²) in [6, 6.07) is 1.80. The van der Waals surface area contributed by atoms with E-state index in [0.29, 0.717) is 35.9 Å². The molecule has 0 atom stereocenters. The van der Waals surface area contributed by atoms with Crippen LogP contribution in [0, 0.1) is 6.92 Å². The highest BCUT2D eigenvalue weighted by atomic mass is 16.5. The fourth-order valence-corrected chi connectivity index (χ4v) is 1.86. The van der Waals surface area contributed by atoms with Crippen molar-refractivity contribution in [2.24, 2.45) is 0 Å². The summed E-state index contributed by atoms with van der Waals surface area (Å²) in [6.07, 6.45) is 1.49. The predicted octanol–water partition coefficient (Wildman–Crippen LogP) is 1.05. The van der Waals surface area contributed by atoms with Crippen molar-refractivity contribution in [3.05, 3.63) is 29.4 Å². The zero-order valence-corrected chi connectivity index (χ0v) is 11.3. The lowest BCUT2D eigenvalue weighted by Gasteiger charge is -2.16. The van der Waals surface area contributed by atoms with E-state index in [0.717, 1.165) is 0 Å². The molecule has 0 aliphatic carbocycles. The normalized spacial score (nSPS) is 10.7. The largest absolute Gasteiger partial charge is 0.396 e. The first-order valence-corrected chi connectivity index (χ1v) is 6.01. The minimum absolute atomic E-state index is 0.183. The molecule has 0 saturated heterocycles. The maximum Gasteiger partial charge on any atom is 0.274 e. The molecule has 7 heteroatoms. The molecule has 2 heterocycles. The summed E-state index contributed by atoms with van der Waals surface area (Å²) in [7, 11) is 1.69. The summed E-state index contributed by atoms with van der Waals surface area (Å²) in [5.41, 5.74) is 7.28. The molecule has 2 N–H and O–H groups in total. The molecule has 0 fully saturated rings. The van der Waals surface area contributed by atoms with Crippen LogP contribution in [0.15, 0.2) is 16.8 Å². The van der Waals surface area contributed by atoms with Crippen molar-refractivity contribution in [1.29, 1.82) is 0 Å². The number of aryl methyl sites for hydroxylation is 2. The molecular formula is C12H17N5O2. The van der Waals surface area contributed by atoms with E-state index in [1.807, 2.05) is 13.8 Å². The number of nitrogens with two attached hydrogens (primary N) is 1. The minimum atomic E-state index is -0.183. The number of hydrogen-bond acceptors (Lipinski definition) is 5. The topological polar surface area (TPSA) is 90.2 Å². The molecule has 102 valence electrons. The molecule has 0 radical (unpaired) electrons. The average molecular weight is 263 g/mol. The zero-order chi connectivity index (χ0) is 14.0. The van der Waals surface area contributed by atoms with Crippen LogP contribution in [0.3, 0.4) is 0 Å². The molecule has 7 nitrogen and oxygen atoms in total. The Morgan fingerprint density at radius 1 is 1.58 bits per heavy atom. The molecular weight excluding hydrogens is 246 g/mol. The average Bonchev–Trinajstić information content (AvgIpc) is 2.94. The molecule has 0 aliphatic rings. The van der Waals surface area contributed by atoms with Crippen molar-refractivity contribution in [1.82, 2.24) is 19.8 Å². The molecule has 0 bridgehead atoms. The van der Waals surface area contributed by atoms with Crippen LogP contribution in [0.25, 0.3) is 0 Å². The second kappa shape index (κ2) is 5.13. The zero-order valence-electron chi connectivity index (χ0n) is 11.3. The van der Waals surface area contributed by atoms with Gasteiger partial charge in [0, 0.05) is 19.7 Å². The molecule has 0 saturated carbocycles. The van der Waals surface area contributed by atoms with Gasteiger partial charge in [-0.15, -0.1) is 0 Å². The van der Waals surface area contributed by atoms with Gasteiger partial charge in [0.15, 0.2) is 0 Å². The Hall–Kier alpha value is -2.31. The van der Waals surface area contributed by atoms with Gasteiger partial charge in [-0.25, -0.2) is 0 Å². The third kappa shape index (κ3) is 2.59. The van der Waals surface area contributed by atoms with E-state index in [1.165, 1.54) is 11.1 Å². The number of nitrogens with zero attached hydrogens (tertiary/aromatic N) is 4. The Morgan fingerprint density at radius 3 is 2.89 bits per heavy atom. The quantitative estimate of drug-likeness (QED) is 0.890. The third-order valence-electron chi connectivity index (χ3n) is 2.79. The number of nitrogen functional groups attached to an aromatic ring is 1. The van der Waals surface area contributed by atoms with Gasteiger partial charge >= 0.3 is 0 Å². The minimum Gasteiger partial charge on any atom is -0.396 e. The van der Waals surface area contributed by atoms with E-state index >= 15 is 0 Å². The van der Waals surface area contributed by atoms with E-state index < -0.39 is 0 Å². The van der Waals surface area contributed by atoms with Crippen molar-refractivity contribution >= 4 is 11.6 Å². The Morgan fingerprint density at radius 2 is 2.32 bits per heavy atom. The van der Waals surface area contributed by atoms with Gasteiger partial charge in [-0.1, -0.05) is 5.16 Å². The summed E-state index contributed by atoms with van der Waals surface area (Å²) in [6.45, 7) is 4.67. The third-order valence-corrected chi connectivity index (χ3v) is 2.79. The van der Waals surface area contributed by atoms with Gasteiger partial charge in [0.1, 0.15) is 17.1 Å². The number of amides is 1. The standard InChI is InChI=1S/C12H17N5O2/c1-4-17-11(10(13)6-14-17)12(18)16(3)7-9-5-8(2)19-15-9/h5-6H,4,7,13H2,1-3H3. The SMILES string of the molecule is CCn1ncc(N)c1C(=O)N(C)Cc1cc(C)on1. The van der Waals surface area contributed by atoms with Gasteiger partial charge in [-0.2, -0.15) is 5.10 Å². The van der Waals surface area contributed by atoms with Crippen molar-refractivity contribution in [2.75, 3.05) is 12.8 Å². The van der Waals surface area contributed by atoms with Crippen LogP contribution < -0.4 is 5.73 Å². The van der Waals surface area contributed by atoms with E-state index in [1.54, 1.807) is 17.8 Å². The van der Waals surface area contributed by atoms with Crippen LogP contribution in [-0.4, -0.2) is 32.8 Å². The Labute approximate surface area is 111 Å². The fourth-order valence-electron chi connectivity index (χ4n) is 1.86. The number of rotatable bonds is 4. The van der Waals surface area contributed by atoms with Crippen LogP contribution in [0.2, 0.25) is 0 Å². The summed E-state index contributed by atoms with van der Waals surface area (Å²) in [5.74, 6) is 0.534. The summed E-state index contributed by atoms with van der Waals surface area (Å²) in [4.78, 5) is 13.9. The van der Waals surface area contributed by atoms with Gasteiger partial charge in [0.25, 0.3) is 5.91 Å². The summed E-state index contributed by atoms with van der Waals surface area (Å²) >= 11 is 0. The van der Waals surface area contributed by atoms with Gasteiger partial charge in [-0.05, 0) is 13.8 Å². The second-order valence-electron chi connectivity index (χ2n) is 4.35. The maximum absolute atomic E-state index is 12.3. The Balaban J connectivity index is 2.16. The van der Waals surface area contributed by atoms with Crippen molar-refractivity contribution in [3.8, 4) is 0 Å². The summed E-state index contributed by atoms with van der Waals surface area (Å²) in [5, 5.41) is 7.92. The molecule has 0 unspecified atom stereocenters. The molecule has 0 aliphatic heterocycles. The van der Waals surface area contributed by atoms with Gasteiger partial charge in [-0.3, -0.25) is 9.48 Å². The predicted molar refractivity (Wildman–Crippen MR) is 69.4 cm³/mol. The highest BCUT2D eigenvalue weighted by molar-refractivity contribution is 5.97. The summed E-state index contributed by atoms with van der Waals surface area (Å²) < 4.78 is 6.56. The first kappa shape index (κ1) is 13.1. The number of aromatic nitrogens is 3. The van der Waals surface area contributed by atoms with E-state index in [-0.39, 0.29) is 5.91 Å². The lowest BCUT2D eigenvalue weighted by molar-refractivity contribution is 0.0771. The highest BCUT2D eigenvalue weighted by Crippen LogP contribution is 2.14. The smallest absolute Gasteiger partial charge is 0.274 e. The highest BCUT2D eigenvalue weighted by Gasteiger charge is 2.20. The van der Waals surface area contributed by atoms with Crippen molar-refractivity contribution in [3.63, 3.8) is 0 Å². The molecule has 1 amide bonds. The van der Waals surface area contributed by atoms with Gasteiger partial charge in [0.2, 0.25) is 0 Å². The molecule has 0 aromatic carbocycles. The molecule has 2 aromatic rings. The van der Waals surface area contributed by atoms with Crippen molar-refractivity contribution < 1.29 is 9.32 Å². The van der Waals surface area contributed by atoms with Crippen LogP contribution >= 0.6 is 0 Å². The lowest BCUT2D eigenvalue weighted by atomic mass is 10.3. The van der Waals surface area contributed by atoms with Gasteiger partial charge in [0.05, 0.1) is 18.4 Å². The second-order valence-corrected chi connectivity index (χ2v) is 4.35. The maximum atomic E-state index is 12.3. The monoisotopic (exact) mass is 263 g/mol. The number of carbonyl (C=O) groups excluding carboxylic acids is 1. The Bertz CT molecular complexity index is 587. The van der Waals surface area contributed by atoms with E-state index in [2.05, 4.69) is 10.3 Å². The molecule has 0 spiro atoms.